The summed E-state index contributed by atoms with van der Waals surface area (Å²) in [6.07, 6.45) is 0. The third kappa shape index (κ3) is 3.26. The molecule has 98 valence electrons. The molecule has 1 saturated heterocycles. The molecule has 1 fully saturated rings. The summed E-state index contributed by atoms with van der Waals surface area (Å²) < 4.78 is 7.30. The third-order valence-corrected chi connectivity index (χ3v) is 4.94. The minimum atomic E-state index is 0.0631. The van der Waals surface area contributed by atoms with Crippen LogP contribution in [-0.4, -0.2) is 41.9 Å². The SMILES string of the molecule is O=C(c1cc(I)ccc1Br)N1CCOCC1CBr. The Hall–Kier alpha value is 0.340. The van der Waals surface area contributed by atoms with Crippen molar-refractivity contribution < 1.29 is 9.53 Å². The van der Waals surface area contributed by atoms with E-state index < -0.39 is 0 Å². The van der Waals surface area contributed by atoms with Crippen molar-refractivity contribution in [1.29, 1.82) is 0 Å². The Kier molecular flexibility index (Phi) is 5.47. The molecule has 0 saturated carbocycles. The van der Waals surface area contributed by atoms with Gasteiger partial charge in [-0.2, -0.15) is 0 Å². The van der Waals surface area contributed by atoms with E-state index >= 15 is 0 Å². The zero-order valence-corrected chi connectivity index (χ0v) is 14.9. The molecule has 1 aliphatic rings. The molecule has 1 aromatic rings. The molecule has 0 radical (unpaired) electrons. The highest BCUT2D eigenvalue weighted by atomic mass is 127. The van der Waals surface area contributed by atoms with Gasteiger partial charge in [0.2, 0.25) is 0 Å². The number of carbonyl (C=O) groups excluding carboxylic acids is 1. The second-order valence-corrected chi connectivity index (χ2v) is 6.75. The standard InChI is InChI=1S/C12H12Br2INO2/c13-6-9-7-18-4-3-16(9)12(17)10-5-8(15)1-2-11(10)14/h1-2,5,9H,3-4,6-7H2. The fourth-order valence-corrected chi connectivity index (χ4v) is 3.31. The minimum absolute atomic E-state index is 0.0631. The lowest BCUT2D eigenvalue weighted by atomic mass is 10.1. The summed E-state index contributed by atoms with van der Waals surface area (Å²) in [5.41, 5.74) is 0.717. The van der Waals surface area contributed by atoms with Crippen LogP contribution in [-0.2, 0) is 4.74 Å². The zero-order valence-electron chi connectivity index (χ0n) is 9.54. The molecule has 1 heterocycles. The molecule has 0 N–H and O–H groups in total. The van der Waals surface area contributed by atoms with Crippen LogP contribution in [0.25, 0.3) is 0 Å². The first kappa shape index (κ1) is 14.7. The highest BCUT2D eigenvalue weighted by Gasteiger charge is 2.28. The van der Waals surface area contributed by atoms with Crippen LogP contribution < -0.4 is 0 Å². The first-order chi connectivity index (χ1) is 8.63. The van der Waals surface area contributed by atoms with Gasteiger partial charge in [0.1, 0.15) is 0 Å². The lowest BCUT2D eigenvalue weighted by Gasteiger charge is -2.34. The molecule has 0 aromatic heterocycles. The highest BCUT2D eigenvalue weighted by Crippen LogP contribution is 2.23. The van der Waals surface area contributed by atoms with Gasteiger partial charge in [0.05, 0.1) is 24.8 Å². The Morgan fingerprint density at radius 2 is 2.33 bits per heavy atom. The molecule has 1 aliphatic heterocycles. The van der Waals surface area contributed by atoms with Crippen LogP contribution >= 0.6 is 54.5 Å². The third-order valence-electron chi connectivity index (χ3n) is 2.83. The van der Waals surface area contributed by atoms with E-state index in [0.29, 0.717) is 19.8 Å². The van der Waals surface area contributed by atoms with Gasteiger partial charge >= 0.3 is 0 Å². The first-order valence-electron chi connectivity index (χ1n) is 5.53. The number of nitrogens with zero attached hydrogens (tertiary/aromatic N) is 1. The van der Waals surface area contributed by atoms with E-state index in [1.807, 2.05) is 23.1 Å². The quantitative estimate of drug-likeness (QED) is 0.472. The number of amides is 1. The fraction of sp³-hybridized carbons (Fsp3) is 0.417. The molecule has 6 heteroatoms. The summed E-state index contributed by atoms with van der Waals surface area (Å²) >= 11 is 9.10. The van der Waals surface area contributed by atoms with E-state index in [4.69, 9.17) is 4.74 Å². The normalized spacial score (nSPS) is 19.9. The van der Waals surface area contributed by atoms with Crippen molar-refractivity contribution in [1.82, 2.24) is 4.90 Å². The van der Waals surface area contributed by atoms with Gasteiger partial charge in [-0.3, -0.25) is 4.79 Å². The second kappa shape index (κ2) is 6.67. The summed E-state index contributed by atoms with van der Waals surface area (Å²) in [5.74, 6) is 0.0631. The van der Waals surface area contributed by atoms with Crippen LogP contribution in [0.15, 0.2) is 22.7 Å². The Labute approximate surface area is 137 Å². The van der Waals surface area contributed by atoms with Crippen LogP contribution in [0.5, 0.6) is 0 Å². The Morgan fingerprint density at radius 3 is 3.06 bits per heavy atom. The van der Waals surface area contributed by atoms with E-state index in [1.54, 1.807) is 0 Å². The topological polar surface area (TPSA) is 29.5 Å². The minimum Gasteiger partial charge on any atom is -0.377 e. The van der Waals surface area contributed by atoms with Crippen LogP contribution in [0, 0.1) is 3.57 Å². The van der Waals surface area contributed by atoms with Crippen molar-refractivity contribution in [2.24, 2.45) is 0 Å². The van der Waals surface area contributed by atoms with Gasteiger partial charge in [-0.05, 0) is 56.7 Å². The molecular weight excluding hydrogens is 477 g/mol. The Morgan fingerprint density at radius 1 is 1.56 bits per heavy atom. The lowest BCUT2D eigenvalue weighted by Crippen LogP contribution is -2.49. The molecule has 0 aliphatic carbocycles. The van der Waals surface area contributed by atoms with E-state index in [2.05, 4.69) is 54.5 Å². The zero-order chi connectivity index (χ0) is 13.1. The predicted octanol–water partition coefficient (Wildman–Crippen LogP) is 3.29. The van der Waals surface area contributed by atoms with Gasteiger partial charge in [-0.25, -0.2) is 0 Å². The molecule has 18 heavy (non-hydrogen) atoms. The monoisotopic (exact) mass is 487 g/mol. The molecular formula is C12H12Br2INO2. The lowest BCUT2D eigenvalue weighted by molar-refractivity contribution is 0.00519. The van der Waals surface area contributed by atoms with Gasteiger partial charge in [0.15, 0.2) is 0 Å². The first-order valence-corrected chi connectivity index (χ1v) is 8.52. The van der Waals surface area contributed by atoms with Crippen molar-refractivity contribution in [3.05, 3.63) is 31.8 Å². The van der Waals surface area contributed by atoms with E-state index in [9.17, 15) is 4.79 Å². The molecule has 1 amide bonds. The van der Waals surface area contributed by atoms with Gasteiger partial charge in [-0.15, -0.1) is 0 Å². The molecule has 2 rings (SSSR count). The molecule has 1 aromatic carbocycles. The van der Waals surface area contributed by atoms with Crippen LogP contribution in [0.3, 0.4) is 0 Å². The maximum absolute atomic E-state index is 12.6. The number of morpholine rings is 1. The molecule has 1 unspecified atom stereocenters. The van der Waals surface area contributed by atoms with Crippen LogP contribution in [0.2, 0.25) is 0 Å². The Bertz CT molecular complexity index is 456. The molecule has 0 spiro atoms. The van der Waals surface area contributed by atoms with Crippen molar-refractivity contribution in [2.75, 3.05) is 25.1 Å². The summed E-state index contributed by atoms with van der Waals surface area (Å²) in [6, 6.07) is 5.91. The summed E-state index contributed by atoms with van der Waals surface area (Å²) in [6.45, 7) is 1.85. The van der Waals surface area contributed by atoms with Crippen molar-refractivity contribution >= 4 is 60.4 Å². The van der Waals surface area contributed by atoms with Gasteiger partial charge < -0.3 is 9.64 Å². The maximum atomic E-state index is 12.6. The summed E-state index contributed by atoms with van der Waals surface area (Å²) in [4.78, 5) is 14.4. The molecule has 3 nitrogen and oxygen atoms in total. The van der Waals surface area contributed by atoms with Gasteiger partial charge in [0, 0.05) is 19.9 Å². The smallest absolute Gasteiger partial charge is 0.255 e. The van der Waals surface area contributed by atoms with Crippen LogP contribution in [0.1, 0.15) is 10.4 Å². The predicted molar refractivity (Wildman–Crippen MR) is 86.3 cm³/mol. The number of hydrogen-bond donors (Lipinski definition) is 0. The number of hydrogen-bond acceptors (Lipinski definition) is 2. The number of alkyl halides is 1. The van der Waals surface area contributed by atoms with E-state index in [0.717, 1.165) is 18.9 Å². The highest BCUT2D eigenvalue weighted by molar-refractivity contribution is 14.1. The number of carbonyl (C=O) groups is 1. The van der Waals surface area contributed by atoms with Gasteiger partial charge in [0.25, 0.3) is 5.91 Å². The number of halogens is 3. The molecule has 1 atom stereocenters. The van der Waals surface area contributed by atoms with E-state index in [-0.39, 0.29) is 11.9 Å². The second-order valence-electron chi connectivity index (χ2n) is 4.01. The number of ether oxygens (including phenoxy) is 1. The van der Waals surface area contributed by atoms with E-state index in [1.165, 1.54) is 0 Å². The Balaban J connectivity index is 2.26. The number of rotatable bonds is 2. The summed E-state index contributed by atoms with van der Waals surface area (Å²) in [5, 5.41) is 0.736. The van der Waals surface area contributed by atoms with Crippen molar-refractivity contribution in [3.8, 4) is 0 Å². The van der Waals surface area contributed by atoms with Crippen molar-refractivity contribution in [2.45, 2.75) is 6.04 Å². The van der Waals surface area contributed by atoms with Crippen molar-refractivity contribution in [3.63, 3.8) is 0 Å². The number of benzene rings is 1. The maximum Gasteiger partial charge on any atom is 0.255 e. The van der Waals surface area contributed by atoms with Crippen LogP contribution in [0.4, 0.5) is 0 Å². The average Bonchev–Trinajstić information content (AvgIpc) is 2.40. The average molecular weight is 489 g/mol. The van der Waals surface area contributed by atoms with Gasteiger partial charge in [-0.1, -0.05) is 15.9 Å². The summed E-state index contributed by atoms with van der Waals surface area (Å²) in [7, 11) is 0. The largest absolute Gasteiger partial charge is 0.377 e. The fourth-order valence-electron chi connectivity index (χ4n) is 1.87. The molecule has 0 bridgehead atoms.